The SMILES string of the molecule is CCC.COS(=O)(=O)O. The molecule has 9 heavy (non-hydrogen) atoms. The monoisotopic (exact) mass is 156 g/mol. The van der Waals surface area contributed by atoms with Gasteiger partial charge < -0.3 is 0 Å². The highest BCUT2D eigenvalue weighted by Crippen LogP contribution is 1.74. The Morgan fingerprint density at radius 3 is 1.56 bits per heavy atom. The topological polar surface area (TPSA) is 63.6 Å². The molecule has 0 aliphatic heterocycles. The Hall–Kier alpha value is -0.130. The predicted octanol–water partition coefficient (Wildman–Crippen LogP) is 0.852. The molecule has 0 rings (SSSR count). The first kappa shape index (κ1) is 11.6. The lowest BCUT2D eigenvalue weighted by molar-refractivity contribution is 0.324. The minimum Gasteiger partial charge on any atom is -0.264 e. The fraction of sp³-hybridized carbons (Fsp3) is 1.00. The number of hydrogen-bond donors (Lipinski definition) is 1. The van der Waals surface area contributed by atoms with E-state index in [0.29, 0.717) is 0 Å². The second-order valence-corrected chi connectivity index (χ2v) is 2.49. The van der Waals surface area contributed by atoms with Gasteiger partial charge in [0.1, 0.15) is 0 Å². The van der Waals surface area contributed by atoms with Gasteiger partial charge in [0.15, 0.2) is 0 Å². The van der Waals surface area contributed by atoms with Crippen LogP contribution in [0.4, 0.5) is 0 Å². The molecule has 0 spiro atoms. The van der Waals surface area contributed by atoms with Gasteiger partial charge in [-0.15, -0.1) is 0 Å². The van der Waals surface area contributed by atoms with E-state index in [1.807, 2.05) is 0 Å². The Morgan fingerprint density at radius 1 is 1.44 bits per heavy atom. The van der Waals surface area contributed by atoms with Crippen LogP contribution in [-0.2, 0) is 14.6 Å². The van der Waals surface area contributed by atoms with Crippen LogP contribution in [0.15, 0.2) is 0 Å². The van der Waals surface area contributed by atoms with Crippen LogP contribution in [0.1, 0.15) is 20.3 Å². The van der Waals surface area contributed by atoms with Crippen LogP contribution >= 0.6 is 0 Å². The van der Waals surface area contributed by atoms with Gasteiger partial charge in [-0.25, -0.2) is 0 Å². The highest BCUT2D eigenvalue weighted by molar-refractivity contribution is 7.80. The van der Waals surface area contributed by atoms with E-state index in [-0.39, 0.29) is 0 Å². The van der Waals surface area contributed by atoms with E-state index < -0.39 is 10.4 Å². The third kappa shape index (κ3) is 32.9. The average Bonchev–Trinajstić information content (AvgIpc) is 1.67. The molecular formula is C4H12O4S. The minimum atomic E-state index is -4.16. The van der Waals surface area contributed by atoms with E-state index in [4.69, 9.17) is 4.55 Å². The Labute approximate surface area is 55.8 Å². The van der Waals surface area contributed by atoms with Crippen molar-refractivity contribution >= 4 is 10.4 Å². The van der Waals surface area contributed by atoms with Crippen LogP contribution in [0.5, 0.6) is 0 Å². The van der Waals surface area contributed by atoms with Gasteiger partial charge in [-0.3, -0.25) is 8.74 Å². The molecule has 0 amide bonds. The van der Waals surface area contributed by atoms with Crippen molar-refractivity contribution in [2.45, 2.75) is 20.3 Å². The molecule has 4 nitrogen and oxygen atoms in total. The summed E-state index contributed by atoms with van der Waals surface area (Å²) in [7, 11) is -3.29. The molecular weight excluding hydrogens is 144 g/mol. The van der Waals surface area contributed by atoms with E-state index in [9.17, 15) is 8.42 Å². The van der Waals surface area contributed by atoms with Gasteiger partial charge in [0.05, 0.1) is 7.11 Å². The summed E-state index contributed by atoms with van der Waals surface area (Å²) >= 11 is 0. The van der Waals surface area contributed by atoms with Crippen molar-refractivity contribution in [3.05, 3.63) is 0 Å². The summed E-state index contributed by atoms with van der Waals surface area (Å²) in [5.41, 5.74) is 0. The Balaban J connectivity index is 0. The average molecular weight is 156 g/mol. The fourth-order valence-electron chi connectivity index (χ4n) is 0. The predicted molar refractivity (Wildman–Crippen MR) is 34.5 cm³/mol. The van der Waals surface area contributed by atoms with Crippen LogP contribution in [-0.4, -0.2) is 20.1 Å². The first-order chi connectivity index (χ1) is 3.97. The van der Waals surface area contributed by atoms with Gasteiger partial charge in [0.2, 0.25) is 0 Å². The lowest BCUT2D eigenvalue weighted by Crippen LogP contribution is -1.96. The molecule has 0 saturated carbocycles. The molecule has 0 radical (unpaired) electrons. The van der Waals surface area contributed by atoms with Crippen LogP contribution in [0.2, 0.25) is 0 Å². The van der Waals surface area contributed by atoms with Crippen LogP contribution in [0, 0.1) is 0 Å². The Morgan fingerprint density at radius 2 is 1.56 bits per heavy atom. The molecule has 0 atom stereocenters. The molecule has 0 aromatic carbocycles. The fourth-order valence-corrected chi connectivity index (χ4v) is 0. The Bertz CT molecular complexity index is 126. The third-order valence-electron chi connectivity index (χ3n) is 0.211. The molecule has 58 valence electrons. The van der Waals surface area contributed by atoms with E-state index in [0.717, 1.165) is 7.11 Å². The van der Waals surface area contributed by atoms with Gasteiger partial charge in [0.25, 0.3) is 0 Å². The molecule has 0 aromatic rings. The van der Waals surface area contributed by atoms with Gasteiger partial charge in [-0.1, -0.05) is 20.3 Å². The van der Waals surface area contributed by atoms with E-state index in [1.165, 1.54) is 6.42 Å². The van der Waals surface area contributed by atoms with Crippen molar-refractivity contribution in [1.29, 1.82) is 0 Å². The van der Waals surface area contributed by atoms with E-state index >= 15 is 0 Å². The molecule has 5 heteroatoms. The van der Waals surface area contributed by atoms with Crippen LogP contribution < -0.4 is 0 Å². The van der Waals surface area contributed by atoms with Crippen molar-refractivity contribution in [1.82, 2.24) is 0 Å². The maximum atomic E-state index is 9.33. The second-order valence-electron chi connectivity index (χ2n) is 1.30. The number of rotatable bonds is 1. The summed E-state index contributed by atoms with van der Waals surface area (Å²) in [4.78, 5) is 0. The molecule has 0 fully saturated rings. The summed E-state index contributed by atoms with van der Waals surface area (Å²) in [6.45, 7) is 4.25. The van der Waals surface area contributed by atoms with Crippen molar-refractivity contribution in [3.8, 4) is 0 Å². The van der Waals surface area contributed by atoms with Gasteiger partial charge in [-0.05, 0) is 0 Å². The molecule has 0 aliphatic carbocycles. The first-order valence-corrected chi connectivity index (χ1v) is 3.87. The Kier molecular flexibility index (Phi) is 7.76. The van der Waals surface area contributed by atoms with Crippen LogP contribution in [0.25, 0.3) is 0 Å². The van der Waals surface area contributed by atoms with Crippen molar-refractivity contribution in [2.24, 2.45) is 0 Å². The normalized spacial score (nSPS) is 9.78. The maximum absolute atomic E-state index is 9.33. The largest absolute Gasteiger partial charge is 0.397 e. The third-order valence-corrected chi connectivity index (χ3v) is 0.632. The lowest BCUT2D eigenvalue weighted by atomic mass is 10.6. The zero-order valence-electron chi connectivity index (χ0n) is 5.79. The van der Waals surface area contributed by atoms with E-state index in [2.05, 4.69) is 18.0 Å². The van der Waals surface area contributed by atoms with Gasteiger partial charge >= 0.3 is 10.4 Å². The van der Waals surface area contributed by atoms with E-state index in [1.54, 1.807) is 0 Å². The second kappa shape index (κ2) is 6.00. The molecule has 0 saturated heterocycles. The van der Waals surface area contributed by atoms with Gasteiger partial charge in [0, 0.05) is 0 Å². The number of hydrogen-bond acceptors (Lipinski definition) is 3. The maximum Gasteiger partial charge on any atom is 0.397 e. The standard InChI is InChI=1S/C3H8.CH4O4S/c1-3-2;1-5-6(2,3)4/h3H2,1-2H3;1H3,(H,2,3,4). The molecule has 0 heterocycles. The highest BCUT2D eigenvalue weighted by Gasteiger charge is 1.93. The first-order valence-electron chi connectivity index (χ1n) is 2.51. The zero-order valence-corrected chi connectivity index (χ0v) is 6.60. The van der Waals surface area contributed by atoms with Crippen LogP contribution in [0.3, 0.4) is 0 Å². The summed E-state index contributed by atoms with van der Waals surface area (Å²) in [5.74, 6) is 0. The van der Waals surface area contributed by atoms with Crippen molar-refractivity contribution < 1.29 is 17.2 Å². The molecule has 0 aliphatic rings. The summed E-state index contributed by atoms with van der Waals surface area (Å²) in [6, 6.07) is 0. The summed E-state index contributed by atoms with van der Waals surface area (Å²) in [6.07, 6.45) is 1.25. The quantitative estimate of drug-likeness (QED) is 0.572. The van der Waals surface area contributed by atoms with Crippen molar-refractivity contribution in [2.75, 3.05) is 7.11 Å². The summed E-state index contributed by atoms with van der Waals surface area (Å²) in [5, 5.41) is 0. The molecule has 0 bridgehead atoms. The minimum absolute atomic E-state index is 0.870. The lowest BCUT2D eigenvalue weighted by Gasteiger charge is -1.82. The van der Waals surface area contributed by atoms with Crippen molar-refractivity contribution in [3.63, 3.8) is 0 Å². The zero-order chi connectivity index (χ0) is 7.91. The summed E-state index contributed by atoms with van der Waals surface area (Å²) < 4.78 is 29.7. The van der Waals surface area contributed by atoms with Gasteiger partial charge in [-0.2, -0.15) is 8.42 Å². The molecule has 0 aromatic heterocycles. The molecule has 0 unspecified atom stereocenters. The smallest absolute Gasteiger partial charge is 0.264 e. The molecule has 1 N–H and O–H groups in total. The highest BCUT2D eigenvalue weighted by atomic mass is 32.3.